The maximum absolute atomic E-state index is 12.4. The van der Waals surface area contributed by atoms with Gasteiger partial charge < -0.3 is 15.4 Å². The molecule has 31 heavy (non-hydrogen) atoms. The standard InChI is InChI=1S/C24H22Cl2N2O3/c1-16(23(29)28-22-15-19(25)9-12-21(22)26)31-20-10-7-18(8-11-20)24(30)27-14-13-17-5-3-2-4-6-17/h2-12,15-16H,13-14H2,1H3,(H,27,30)(H,28,29)/t16-/m0/s1. The minimum atomic E-state index is -0.777. The minimum Gasteiger partial charge on any atom is -0.481 e. The molecule has 5 nitrogen and oxygen atoms in total. The predicted octanol–water partition coefficient (Wildman–Crippen LogP) is 5.37. The second-order valence-corrected chi connectivity index (χ2v) is 7.73. The highest BCUT2D eigenvalue weighted by Crippen LogP contribution is 2.25. The van der Waals surface area contributed by atoms with E-state index in [0.717, 1.165) is 12.0 Å². The number of hydrogen-bond donors (Lipinski definition) is 2. The molecular formula is C24H22Cl2N2O3. The van der Waals surface area contributed by atoms with Crippen molar-refractivity contribution >= 4 is 40.7 Å². The third kappa shape index (κ3) is 6.74. The Hall–Kier alpha value is -3.02. The lowest BCUT2D eigenvalue weighted by molar-refractivity contribution is -0.122. The normalized spacial score (nSPS) is 11.5. The van der Waals surface area contributed by atoms with E-state index in [2.05, 4.69) is 10.6 Å². The van der Waals surface area contributed by atoms with Gasteiger partial charge in [0, 0.05) is 17.1 Å². The van der Waals surface area contributed by atoms with Crippen LogP contribution >= 0.6 is 23.2 Å². The molecule has 0 saturated carbocycles. The van der Waals surface area contributed by atoms with E-state index in [-0.39, 0.29) is 11.8 Å². The Morgan fingerprint density at radius 2 is 1.68 bits per heavy atom. The molecule has 7 heteroatoms. The van der Waals surface area contributed by atoms with Crippen molar-refractivity contribution in [1.29, 1.82) is 0 Å². The van der Waals surface area contributed by atoms with Crippen molar-refractivity contribution in [2.75, 3.05) is 11.9 Å². The van der Waals surface area contributed by atoms with Crippen molar-refractivity contribution in [3.8, 4) is 5.75 Å². The molecule has 2 amide bonds. The van der Waals surface area contributed by atoms with Gasteiger partial charge in [-0.1, -0.05) is 53.5 Å². The van der Waals surface area contributed by atoms with Crippen LogP contribution in [0.1, 0.15) is 22.8 Å². The molecule has 3 aromatic rings. The van der Waals surface area contributed by atoms with Crippen LogP contribution in [0.2, 0.25) is 10.0 Å². The van der Waals surface area contributed by atoms with Crippen molar-refractivity contribution < 1.29 is 14.3 Å². The molecule has 0 fully saturated rings. The number of ether oxygens (including phenoxy) is 1. The average molecular weight is 457 g/mol. The lowest BCUT2D eigenvalue weighted by atomic mass is 10.1. The summed E-state index contributed by atoms with van der Waals surface area (Å²) in [5, 5.41) is 6.43. The molecule has 0 bridgehead atoms. The van der Waals surface area contributed by atoms with E-state index < -0.39 is 6.10 Å². The molecule has 0 radical (unpaired) electrons. The highest BCUT2D eigenvalue weighted by atomic mass is 35.5. The second-order valence-electron chi connectivity index (χ2n) is 6.89. The first-order valence-electron chi connectivity index (χ1n) is 9.77. The first-order chi connectivity index (χ1) is 14.9. The van der Waals surface area contributed by atoms with E-state index in [1.807, 2.05) is 30.3 Å². The van der Waals surface area contributed by atoms with Crippen molar-refractivity contribution in [1.82, 2.24) is 5.32 Å². The fourth-order valence-corrected chi connectivity index (χ4v) is 3.17. The molecule has 0 spiro atoms. The third-order valence-electron chi connectivity index (χ3n) is 4.53. The number of hydrogen-bond acceptors (Lipinski definition) is 3. The summed E-state index contributed by atoms with van der Waals surface area (Å²) in [4.78, 5) is 24.7. The SMILES string of the molecule is C[C@H](Oc1ccc(C(=O)NCCc2ccccc2)cc1)C(=O)Nc1cc(Cl)ccc1Cl. The molecule has 3 aromatic carbocycles. The Bertz CT molecular complexity index is 1040. The van der Waals surface area contributed by atoms with E-state index in [9.17, 15) is 9.59 Å². The van der Waals surface area contributed by atoms with Gasteiger partial charge >= 0.3 is 0 Å². The van der Waals surface area contributed by atoms with E-state index >= 15 is 0 Å². The summed E-state index contributed by atoms with van der Waals surface area (Å²) in [6, 6.07) is 21.4. The van der Waals surface area contributed by atoms with E-state index in [0.29, 0.717) is 33.6 Å². The van der Waals surface area contributed by atoms with Crippen molar-refractivity contribution in [3.05, 3.63) is 94.0 Å². The molecule has 0 heterocycles. The number of anilines is 1. The highest BCUT2D eigenvalue weighted by molar-refractivity contribution is 6.35. The minimum absolute atomic E-state index is 0.163. The molecule has 0 saturated heterocycles. The summed E-state index contributed by atoms with van der Waals surface area (Å²) in [5.74, 6) is -0.0588. The molecule has 0 aliphatic rings. The summed E-state index contributed by atoms with van der Waals surface area (Å²) in [6.07, 6.45) is -0.0163. The van der Waals surface area contributed by atoms with Gasteiger partial charge in [0.05, 0.1) is 10.7 Å². The average Bonchev–Trinajstić information content (AvgIpc) is 2.77. The summed E-state index contributed by atoms with van der Waals surface area (Å²) in [6.45, 7) is 2.17. The zero-order valence-electron chi connectivity index (χ0n) is 16.9. The van der Waals surface area contributed by atoms with Crippen LogP contribution in [0, 0.1) is 0 Å². The van der Waals surface area contributed by atoms with Gasteiger partial charge in [-0.25, -0.2) is 0 Å². The van der Waals surface area contributed by atoms with Crippen molar-refractivity contribution in [2.45, 2.75) is 19.4 Å². The van der Waals surface area contributed by atoms with E-state index in [1.54, 1.807) is 49.4 Å². The molecule has 0 aromatic heterocycles. The van der Waals surface area contributed by atoms with Crippen LogP contribution in [-0.2, 0) is 11.2 Å². The monoisotopic (exact) mass is 456 g/mol. The maximum Gasteiger partial charge on any atom is 0.265 e. The number of nitrogens with one attached hydrogen (secondary N) is 2. The van der Waals surface area contributed by atoms with Crippen LogP contribution in [0.25, 0.3) is 0 Å². The molecule has 2 N–H and O–H groups in total. The summed E-state index contributed by atoms with van der Waals surface area (Å²) in [5.41, 5.74) is 2.10. The molecule has 1 atom stereocenters. The quantitative estimate of drug-likeness (QED) is 0.478. The van der Waals surface area contributed by atoms with Crippen LogP contribution in [0.15, 0.2) is 72.8 Å². The lowest BCUT2D eigenvalue weighted by Crippen LogP contribution is -2.30. The summed E-state index contributed by atoms with van der Waals surface area (Å²) < 4.78 is 5.67. The Morgan fingerprint density at radius 1 is 0.968 bits per heavy atom. The van der Waals surface area contributed by atoms with Crippen LogP contribution in [-0.4, -0.2) is 24.5 Å². The number of carbonyl (C=O) groups is 2. The molecule has 0 aliphatic heterocycles. The maximum atomic E-state index is 12.4. The van der Waals surface area contributed by atoms with E-state index in [4.69, 9.17) is 27.9 Å². The zero-order chi connectivity index (χ0) is 22.2. The lowest BCUT2D eigenvalue weighted by Gasteiger charge is -2.16. The second kappa shape index (κ2) is 10.8. The van der Waals surface area contributed by atoms with Crippen LogP contribution in [0.3, 0.4) is 0 Å². The molecule has 3 rings (SSSR count). The van der Waals surface area contributed by atoms with Gasteiger partial charge in [-0.2, -0.15) is 0 Å². The molecule has 160 valence electrons. The van der Waals surface area contributed by atoms with Gasteiger partial charge in [0.15, 0.2) is 6.10 Å². The van der Waals surface area contributed by atoms with Gasteiger partial charge in [0.2, 0.25) is 0 Å². The Morgan fingerprint density at radius 3 is 2.39 bits per heavy atom. The number of carbonyl (C=O) groups excluding carboxylic acids is 2. The van der Waals surface area contributed by atoms with Crippen molar-refractivity contribution in [3.63, 3.8) is 0 Å². The first-order valence-corrected chi connectivity index (χ1v) is 10.5. The van der Waals surface area contributed by atoms with E-state index in [1.165, 1.54) is 0 Å². The molecule has 0 unspecified atom stereocenters. The fourth-order valence-electron chi connectivity index (χ4n) is 2.84. The fraction of sp³-hybridized carbons (Fsp3) is 0.167. The van der Waals surface area contributed by atoms with Crippen LogP contribution < -0.4 is 15.4 Å². The first kappa shape index (κ1) is 22.7. The number of rotatable bonds is 8. The van der Waals surface area contributed by atoms with Gasteiger partial charge in [0.25, 0.3) is 11.8 Å². The Kier molecular flexibility index (Phi) is 7.93. The molecular weight excluding hydrogens is 435 g/mol. The number of amides is 2. The Balaban J connectivity index is 1.50. The van der Waals surface area contributed by atoms with Gasteiger partial charge in [0.1, 0.15) is 5.75 Å². The van der Waals surface area contributed by atoms with Crippen LogP contribution in [0.4, 0.5) is 5.69 Å². The third-order valence-corrected chi connectivity index (χ3v) is 5.09. The van der Waals surface area contributed by atoms with Gasteiger partial charge in [-0.3, -0.25) is 9.59 Å². The Labute approximate surface area is 191 Å². The largest absolute Gasteiger partial charge is 0.481 e. The highest BCUT2D eigenvalue weighted by Gasteiger charge is 2.17. The molecule has 0 aliphatic carbocycles. The zero-order valence-corrected chi connectivity index (χ0v) is 18.4. The van der Waals surface area contributed by atoms with Crippen molar-refractivity contribution in [2.24, 2.45) is 0 Å². The van der Waals surface area contributed by atoms with Crippen LogP contribution in [0.5, 0.6) is 5.75 Å². The number of halogens is 2. The van der Waals surface area contributed by atoms with Gasteiger partial charge in [-0.15, -0.1) is 0 Å². The predicted molar refractivity (Wildman–Crippen MR) is 124 cm³/mol. The number of benzene rings is 3. The smallest absolute Gasteiger partial charge is 0.265 e. The topological polar surface area (TPSA) is 67.4 Å². The summed E-state index contributed by atoms with van der Waals surface area (Å²) in [7, 11) is 0. The van der Waals surface area contributed by atoms with Gasteiger partial charge in [-0.05, 0) is 61.4 Å². The summed E-state index contributed by atoms with van der Waals surface area (Å²) >= 11 is 12.0.